The lowest BCUT2D eigenvalue weighted by molar-refractivity contribution is -0.137. The molecular weight excluding hydrogens is 195 g/mol. The van der Waals surface area contributed by atoms with Gasteiger partial charge in [0.25, 0.3) is 0 Å². The van der Waals surface area contributed by atoms with E-state index in [-0.39, 0.29) is 10.7 Å². The first kappa shape index (κ1) is 8.24. The van der Waals surface area contributed by atoms with Gasteiger partial charge in [0, 0.05) is 6.42 Å². The highest BCUT2D eigenvalue weighted by atomic mass is 79.9. The number of rotatable bonds is 3. The summed E-state index contributed by atoms with van der Waals surface area (Å²) in [5, 5.41) is 8.08. The summed E-state index contributed by atoms with van der Waals surface area (Å²) in [5.41, 5.74) is 0. The fourth-order valence-corrected chi connectivity index (χ4v) is 0.571. The molecule has 4 heteroatoms. The highest BCUT2D eigenvalue weighted by molar-refractivity contribution is 9.10. The third kappa shape index (κ3) is 6.24. The van der Waals surface area contributed by atoms with Crippen molar-refractivity contribution in [2.24, 2.45) is 0 Å². The van der Waals surface area contributed by atoms with E-state index in [9.17, 15) is 4.79 Å². The van der Waals surface area contributed by atoms with E-state index in [1.807, 2.05) is 0 Å². The first-order chi connectivity index (χ1) is 3.63. The molecule has 2 nitrogen and oxygen atoms in total. The van der Waals surface area contributed by atoms with Crippen LogP contribution in [-0.4, -0.2) is 15.4 Å². The van der Waals surface area contributed by atoms with Crippen LogP contribution in [0.15, 0.2) is 0 Å². The van der Waals surface area contributed by atoms with Crippen molar-refractivity contribution in [3.63, 3.8) is 0 Å². The summed E-state index contributed by atoms with van der Waals surface area (Å²) in [6, 6.07) is 0. The molecule has 48 valence electrons. The smallest absolute Gasteiger partial charge is 0.303 e. The predicted molar refractivity (Wildman–Crippen MR) is 35.4 cm³/mol. The van der Waals surface area contributed by atoms with Crippen molar-refractivity contribution in [1.29, 1.82) is 0 Å². The van der Waals surface area contributed by atoms with Gasteiger partial charge in [-0.1, -0.05) is 15.9 Å². The number of hydrogen-bond acceptors (Lipinski definition) is 1. The largest absolute Gasteiger partial charge is 0.481 e. The standard InChI is InChI=1S/C4H6BrClO2/c5-3(6)1-2-4(7)8/h3H,1-2H2,(H,7,8). The first-order valence-corrected chi connectivity index (χ1v) is 3.48. The third-order valence-corrected chi connectivity index (χ3v) is 1.25. The van der Waals surface area contributed by atoms with Crippen LogP contribution in [-0.2, 0) is 4.79 Å². The van der Waals surface area contributed by atoms with Gasteiger partial charge in [-0.15, -0.1) is 11.6 Å². The Labute approximate surface area is 61.0 Å². The Balaban J connectivity index is 3.05. The topological polar surface area (TPSA) is 37.3 Å². The summed E-state index contributed by atoms with van der Waals surface area (Å²) in [5.74, 6) is -0.810. The van der Waals surface area contributed by atoms with E-state index < -0.39 is 5.97 Å². The molecular formula is C4H6BrClO2. The maximum atomic E-state index is 9.82. The molecule has 0 aromatic carbocycles. The Hall–Kier alpha value is 0.240. The molecule has 0 bridgehead atoms. The van der Waals surface area contributed by atoms with Crippen LogP contribution in [0.1, 0.15) is 12.8 Å². The van der Waals surface area contributed by atoms with Crippen LogP contribution in [0.25, 0.3) is 0 Å². The molecule has 0 aliphatic carbocycles. The van der Waals surface area contributed by atoms with Crippen molar-refractivity contribution in [3.8, 4) is 0 Å². The number of carboxylic acids is 1. The van der Waals surface area contributed by atoms with E-state index in [4.69, 9.17) is 16.7 Å². The minimum absolute atomic E-state index is 0.124. The number of hydrogen-bond donors (Lipinski definition) is 1. The van der Waals surface area contributed by atoms with Crippen molar-refractivity contribution in [2.45, 2.75) is 17.1 Å². The predicted octanol–water partition coefficient (Wildman–Crippen LogP) is 1.81. The number of halogens is 2. The van der Waals surface area contributed by atoms with Crippen LogP contribution in [0, 0.1) is 0 Å². The van der Waals surface area contributed by atoms with Gasteiger partial charge in [-0.3, -0.25) is 4.79 Å². The summed E-state index contributed by atoms with van der Waals surface area (Å²) < 4.78 is -0.210. The van der Waals surface area contributed by atoms with Crippen LogP contribution >= 0.6 is 27.5 Å². The van der Waals surface area contributed by atoms with Crippen LogP contribution in [0.5, 0.6) is 0 Å². The molecule has 0 saturated heterocycles. The van der Waals surface area contributed by atoms with Gasteiger partial charge in [-0.2, -0.15) is 0 Å². The van der Waals surface area contributed by atoms with E-state index in [2.05, 4.69) is 15.9 Å². The lowest BCUT2D eigenvalue weighted by Crippen LogP contribution is -1.96. The highest BCUT2D eigenvalue weighted by Gasteiger charge is 2.01. The van der Waals surface area contributed by atoms with Gasteiger partial charge in [-0.05, 0) is 6.42 Å². The molecule has 0 aliphatic rings. The molecule has 0 spiro atoms. The van der Waals surface area contributed by atoms with Crippen LogP contribution in [0.4, 0.5) is 0 Å². The van der Waals surface area contributed by atoms with E-state index in [0.717, 1.165) is 0 Å². The summed E-state index contributed by atoms with van der Waals surface area (Å²) in [6.07, 6.45) is 0.594. The van der Waals surface area contributed by atoms with Gasteiger partial charge in [0.05, 0.1) is 4.29 Å². The second-order valence-electron chi connectivity index (χ2n) is 1.32. The number of carboxylic acid groups (broad SMARTS) is 1. The molecule has 0 heterocycles. The molecule has 0 aliphatic heterocycles. The highest BCUT2D eigenvalue weighted by Crippen LogP contribution is 2.11. The van der Waals surface area contributed by atoms with Crippen LogP contribution < -0.4 is 0 Å². The Kier molecular flexibility index (Phi) is 4.28. The third-order valence-electron chi connectivity index (χ3n) is 0.576. The Bertz CT molecular complexity index is 84.1. The summed E-state index contributed by atoms with van der Waals surface area (Å²) in [7, 11) is 0. The monoisotopic (exact) mass is 200 g/mol. The molecule has 1 unspecified atom stereocenters. The number of alkyl halides is 2. The molecule has 0 saturated carbocycles. The van der Waals surface area contributed by atoms with Crippen molar-refractivity contribution in [3.05, 3.63) is 0 Å². The summed E-state index contributed by atoms with van der Waals surface area (Å²) in [4.78, 5) is 9.82. The Morgan fingerprint density at radius 1 is 1.88 bits per heavy atom. The van der Waals surface area contributed by atoms with Gasteiger partial charge in [0.1, 0.15) is 0 Å². The van der Waals surface area contributed by atoms with Crippen LogP contribution in [0.2, 0.25) is 0 Å². The van der Waals surface area contributed by atoms with Gasteiger partial charge >= 0.3 is 5.97 Å². The fourth-order valence-electron chi connectivity index (χ4n) is 0.233. The maximum absolute atomic E-state index is 9.82. The lowest BCUT2D eigenvalue weighted by atomic mass is 10.3. The molecule has 0 aromatic heterocycles. The van der Waals surface area contributed by atoms with Crippen LogP contribution in [0.3, 0.4) is 0 Å². The minimum Gasteiger partial charge on any atom is -0.481 e. The van der Waals surface area contributed by atoms with E-state index in [1.165, 1.54) is 0 Å². The van der Waals surface area contributed by atoms with E-state index in [0.29, 0.717) is 6.42 Å². The number of carbonyl (C=O) groups is 1. The molecule has 1 N–H and O–H groups in total. The molecule has 0 amide bonds. The Morgan fingerprint density at radius 2 is 2.38 bits per heavy atom. The van der Waals surface area contributed by atoms with E-state index >= 15 is 0 Å². The summed E-state index contributed by atoms with van der Waals surface area (Å²) in [6.45, 7) is 0. The Morgan fingerprint density at radius 3 is 2.50 bits per heavy atom. The van der Waals surface area contributed by atoms with Crippen molar-refractivity contribution < 1.29 is 9.90 Å². The molecule has 0 radical (unpaired) electrons. The van der Waals surface area contributed by atoms with Gasteiger partial charge in [0.2, 0.25) is 0 Å². The van der Waals surface area contributed by atoms with Crippen molar-refractivity contribution in [2.75, 3.05) is 0 Å². The van der Waals surface area contributed by atoms with Gasteiger partial charge in [-0.25, -0.2) is 0 Å². The zero-order valence-corrected chi connectivity index (χ0v) is 6.44. The zero-order valence-electron chi connectivity index (χ0n) is 4.10. The van der Waals surface area contributed by atoms with E-state index in [1.54, 1.807) is 0 Å². The molecule has 8 heavy (non-hydrogen) atoms. The normalized spacial score (nSPS) is 13.2. The lowest BCUT2D eigenvalue weighted by Gasteiger charge is -1.93. The minimum atomic E-state index is -0.810. The quantitative estimate of drug-likeness (QED) is 0.707. The zero-order chi connectivity index (χ0) is 6.57. The molecule has 0 fully saturated rings. The summed E-state index contributed by atoms with van der Waals surface area (Å²) >= 11 is 8.38. The van der Waals surface area contributed by atoms with Crippen molar-refractivity contribution in [1.82, 2.24) is 0 Å². The second-order valence-corrected chi connectivity index (χ2v) is 3.48. The molecule has 0 aromatic rings. The SMILES string of the molecule is O=C(O)CCC(Cl)Br. The average molecular weight is 201 g/mol. The van der Waals surface area contributed by atoms with Gasteiger partial charge < -0.3 is 5.11 Å². The molecule has 0 rings (SSSR count). The van der Waals surface area contributed by atoms with Crippen molar-refractivity contribution >= 4 is 33.5 Å². The second kappa shape index (κ2) is 4.15. The van der Waals surface area contributed by atoms with Gasteiger partial charge in [0.15, 0.2) is 0 Å². The fraction of sp³-hybridized carbons (Fsp3) is 0.750. The number of aliphatic carboxylic acids is 1. The first-order valence-electron chi connectivity index (χ1n) is 2.13. The average Bonchev–Trinajstić information content (AvgIpc) is 1.61. The maximum Gasteiger partial charge on any atom is 0.303 e. The molecule has 1 atom stereocenters.